The minimum Gasteiger partial charge on any atom is -0.445 e. The van der Waals surface area contributed by atoms with Crippen LogP contribution in [-0.2, 0) is 11.3 Å². The van der Waals surface area contributed by atoms with Gasteiger partial charge in [-0.3, -0.25) is 4.90 Å². The Morgan fingerprint density at radius 2 is 2.31 bits per heavy atom. The largest absolute Gasteiger partial charge is 0.445 e. The number of hydrogen-bond donors (Lipinski definition) is 0. The summed E-state index contributed by atoms with van der Waals surface area (Å²) in [5, 5.41) is 0. The van der Waals surface area contributed by atoms with E-state index in [2.05, 4.69) is 6.58 Å². The molecule has 1 amide bonds. The third-order valence-corrected chi connectivity index (χ3v) is 2.39. The van der Waals surface area contributed by atoms with Crippen molar-refractivity contribution in [3.8, 4) is 0 Å². The molecule has 0 atom stereocenters. The number of fused-ring (bicyclic) bond motifs is 1. The highest BCUT2D eigenvalue weighted by atomic mass is 16.6. The summed E-state index contributed by atoms with van der Waals surface area (Å²) in [6.07, 6.45) is 4.87. The highest BCUT2D eigenvalue weighted by Crippen LogP contribution is 2.19. The van der Waals surface area contributed by atoms with Gasteiger partial charge in [-0.05, 0) is 17.2 Å². The van der Waals surface area contributed by atoms with Crippen molar-refractivity contribution in [2.24, 2.45) is 0 Å². The first-order valence-electron chi connectivity index (χ1n) is 5.11. The van der Waals surface area contributed by atoms with E-state index >= 15 is 0 Å². The van der Waals surface area contributed by atoms with Crippen LogP contribution >= 0.6 is 0 Å². The van der Waals surface area contributed by atoms with Crippen LogP contribution in [0.4, 0.5) is 4.79 Å². The molecular weight excluding hydrogens is 202 g/mol. The molecule has 0 aromatic heterocycles. The fraction of sp³-hybridized carbons (Fsp3) is 0.154. The molecule has 1 aliphatic rings. The molecule has 1 aromatic carbocycles. The summed E-state index contributed by atoms with van der Waals surface area (Å²) in [6, 6.07) is 7.98. The molecular formula is C13H13NO2. The summed E-state index contributed by atoms with van der Waals surface area (Å²) in [5.74, 6) is 0. The summed E-state index contributed by atoms with van der Waals surface area (Å²) in [4.78, 5) is 13.1. The number of nitrogens with zero attached hydrogens (tertiary/aromatic N) is 1. The molecule has 82 valence electrons. The second-order valence-electron chi connectivity index (χ2n) is 3.51. The highest BCUT2D eigenvalue weighted by Gasteiger charge is 2.16. The lowest BCUT2D eigenvalue weighted by Gasteiger charge is -2.22. The molecule has 2 rings (SSSR count). The van der Waals surface area contributed by atoms with E-state index in [1.54, 1.807) is 17.2 Å². The van der Waals surface area contributed by atoms with Gasteiger partial charge in [-0.25, -0.2) is 4.79 Å². The van der Waals surface area contributed by atoms with Gasteiger partial charge in [0.2, 0.25) is 0 Å². The van der Waals surface area contributed by atoms with Gasteiger partial charge in [0, 0.05) is 6.20 Å². The van der Waals surface area contributed by atoms with Crippen LogP contribution in [0, 0.1) is 0 Å². The molecule has 3 nitrogen and oxygen atoms in total. The first-order valence-corrected chi connectivity index (χ1v) is 5.11. The van der Waals surface area contributed by atoms with Crippen LogP contribution < -0.4 is 0 Å². The number of carbonyl (C=O) groups is 1. The molecule has 0 aliphatic carbocycles. The zero-order chi connectivity index (χ0) is 11.4. The molecule has 3 heteroatoms. The van der Waals surface area contributed by atoms with Crippen LogP contribution in [-0.4, -0.2) is 17.6 Å². The Balaban J connectivity index is 2.08. The number of ether oxygens (including phenoxy) is 1. The van der Waals surface area contributed by atoms with Crippen molar-refractivity contribution in [2.45, 2.75) is 6.54 Å². The lowest BCUT2D eigenvalue weighted by atomic mass is 10.1. The predicted octanol–water partition coefficient (Wildman–Crippen LogP) is 2.80. The molecule has 0 unspecified atom stereocenters. The van der Waals surface area contributed by atoms with Crippen molar-refractivity contribution in [3.05, 3.63) is 54.2 Å². The summed E-state index contributed by atoms with van der Waals surface area (Å²) >= 11 is 0. The second-order valence-corrected chi connectivity index (χ2v) is 3.51. The van der Waals surface area contributed by atoms with Crippen molar-refractivity contribution < 1.29 is 9.53 Å². The molecule has 0 saturated heterocycles. The van der Waals surface area contributed by atoms with Gasteiger partial charge in [0.25, 0.3) is 0 Å². The summed E-state index contributed by atoms with van der Waals surface area (Å²) in [7, 11) is 0. The average Bonchev–Trinajstić information content (AvgIpc) is 2.35. The summed E-state index contributed by atoms with van der Waals surface area (Å²) in [5.41, 5.74) is 2.27. The van der Waals surface area contributed by atoms with E-state index < -0.39 is 0 Å². The molecule has 1 aliphatic heterocycles. The topological polar surface area (TPSA) is 29.5 Å². The van der Waals surface area contributed by atoms with Gasteiger partial charge < -0.3 is 4.74 Å². The van der Waals surface area contributed by atoms with Gasteiger partial charge in [-0.1, -0.05) is 36.9 Å². The van der Waals surface area contributed by atoms with E-state index in [-0.39, 0.29) is 12.7 Å². The molecule has 0 spiro atoms. The van der Waals surface area contributed by atoms with Crippen molar-refractivity contribution in [3.63, 3.8) is 0 Å². The first-order chi connectivity index (χ1) is 7.81. The van der Waals surface area contributed by atoms with Crippen LogP contribution in [0.15, 0.2) is 43.1 Å². The average molecular weight is 215 g/mol. The zero-order valence-corrected chi connectivity index (χ0v) is 8.93. The Labute approximate surface area is 94.6 Å². The Kier molecular flexibility index (Phi) is 3.05. The van der Waals surface area contributed by atoms with E-state index in [0.717, 1.165) is 11.1 Å². The Hall–Kier alpha value is -2.03. The van der Waals surface area contributed by atoms with Crippen LogP contribution in [0.5, 0.6) is 0 Å². The van der Waals surface area contributed by atoms with E-state index in [4.69, 9.17) is 4.74 Å². The number of rotatable bonds is 2. The van der Waals surface area contributed by atoms with Crippen molar-refractivity contribution in [1.29, 1.82) is 0 Å². The molecule has 0 fully saturated rings. The second kappa shape index (κ2) is 4.66. The maximum absolute atomic E-state index is 11.6. The SMILES string of the molecule is C=CCOC(=O)N1C=Cc2ccccc2C1. The van der Waals surface area contributed by atoms with E-state index in [1.807, 2.05) is 30.3 Å². The smallest absolute Gasteiger partial charge is 0.414 e. The Morgan fingerprint density at radius 1 is 1.50 bits per heavy atom. The van der Waals surface area contributed by atoms with Crippen LogP contribution in [0.3, 0.4) is 0 Å². The van der Waals surface area contributed by atoms with Gasteiger partial charge in [-0.2, -0.15) is 0 Å². The highest BCUT2D eigenvalue weighted by molar-refractivity contribution is 5.72. The van der Waals surface area contributed by atoms with Crippen LogP contribution in [0.25, 0.3) is 6.08 Å². The van der Waals surface area contributed by atoms with E-state index in [9.17, 15) is 4.79 Å². The monoisotopic (exact) mass is 215 g/mol. The molecule has 0 radical (unpaired) electrons. The Morgan fingerprint density at radius 3 is 3.12 bits per heavy atom. The normalized spacial score (nSPS) is 13.1. The molecule has 0 bridgehead atoms. The van der Waals surface area contributed by atoms with E-state index in [1.165, 1.54) is 0 Å². The minimum absolute atomic E-state index is 0.241. The quantitative estimate of drug-likeness (QED) is 0.710. The third kappa shape index (κ3) is 2.14. The lowest BCUT2D eigenvalue weighted by molar-refractivity contribution is 0.126. The van der Waals surface area contributed by atoms with Crippen molar-refractivity contribution in [1.82, 2.24) is 4.90 Å². The Bertz CT molecular complexity index is 437. The molecule has 16 heavy (non-hydrogen) atoms. The fourth-order valence-electron chi connectivity index (χ4n) is 1.59. The molecule has 0 N–H and O–H groups in total. The first kappa shape index (κ1) is 10.5. The van der Waals surface area contributed by atoms with Gasteiger partial charge in [0.05, 0.1) is 6.54 Å². The van der Waals surface area contributed by atoms with Gasteiger partial charge in [0.15, 0.2) is 0 Å². The van der Waals surface area contributed by atoms with Gasteiger partial charge in [0.1, 0.15) is 6.61 Å². The third-order valence-electron chi connectivity index (χ3n) is 2.39. The van der Waals surface area contributed by atoms with E-state index in [0.29, 0.717) is 6.54 Å². The number of carbonyl (C=O) groups excluding carboxylic acids is 1. The van der Waals surface area contributed by atoms with Gasteiger partial charge in [-0.15, -0.1) is 0 Å². The number of benzene rings is 1. The van der Waals surface area contributed by atoms with Crippen molar-refractivity contribution >= 4 is 12.2 Å². The van der Waals surface area contributed by atoms with Crippen molar-refractivity contribution in [2.75, 3.05) is 6.61 Å². The van der Waals surface area contributed by atoms with Crippen LogP contribution in [0.2, 0.25) is 0 Å². The zero-order valence-electron chi connectivity index (χ0n) is 8.93. The number of hydrogen-bond acceptors (Lipinski definition) is 2. The van der Waals surface area contributed by atoms with Crippen LogP contribution in [0.1, 0.15) is 11.1 Å². The van der Waals surface area contributed by atoms with Gasteiger partial charge >= 0.3 is 6.09 Å². The lowest BCUT2D eigenvalue weighted by Crippen LogP contribution is -2.28. The molecule has 1 heterocycles. The maximum Gasteiger partial charge on any atom is 0.414 e. The maximum atomic E-state index is 11.6. The fourth-order valence-corrected chi connectivity index (χ4v) is 1.59. The molecule has 0 saturated carbocycles. The summed E-state index contributed by atoms with van der Waals surface area (Å²) < 4.78 is 4.96. The predicted molar refractivity (Wildman–Crippen MR) is 62.6 cm³/mol. The summed E-state index contributed by atoms with van der Waals surface area (Å²) in [6.45, 7) is 4.30. The minimum atomic E-state index is -0.342. The standard InChI is InChI=1S/C13H13NO2/c1-2-9-16-13(15)14-8-7-11-5-3-4-6-12(11)10-14/h2-8H,1,9-10H2. The molecule has 1 aromatic rings. The number of amides is 1.